The van der Waals surface area contributed by atoms with Gasteiger partial charge in [0.2, 0.25) is 5.91 Å². The molecule has 6 nitrogen and oxygen atoms in total. The van der Waals surface area contributed by atoms with Gasteiger partial charge in [0, 0.05) is 17.8 Å². The molecular weight excluding hydrogens is 408 g/mol. The monoisotopic (exact) mass is 430 g/mol. The summed E-state index contributed by atoms with van der Waals surface area (Å²) in [6.07, 6.45) is 0. The molecule has 0 aliphatic rings. The summed E-state index contributed by atoms with van der Waals surface area (Å²) < 4.78 is 7.43. The molecule has 1 aromatic heterocycles. The average molecular weight is 431 g/mol. The van der Waals surface area contributed by atoms with E-state index >= 15 is 0 Å². The number of aromatic nitrogens is 3. The fourth-order valence-corrected chi connectivity index (χ4v) is 3.42. The van der Waals surface area contributed by atoms with E-state index in [0.717, 1.165) is 5.75 Å². The van der Waals surface area contributed by atoms with E-state index in [9.17, 15) is 4.79 Å². The molecule has 0 radical (unpaired) electrons. The standard InChI is InChI=1S/C21H23ClN4O2S/c1-14(2)15-4-10-18(11-5-15)28-12-19-24-21(26(3)25-19)29-13-20(27)23-17-8-6-16(22)7-9-17/h4-11,14H,12-13H2,1-3H3,(H,23,27). The summed E-state index contributed by atoms with van der Waals surface area (Å²) in [7, 11) is 1.80. The van der Waals surface area contributed by atoms with E-state index in [1.54, 1.807) is 36.0 Å². The Hall–Kier alpha value is -2.51. The fraction of sp³-hybridized carbons (Fsp3) is 0.286. The van der Waals surface area contributed by atoms with Crippen molar-refractivity contribution in [2.75, 3.05) is 11.1 Å². The second-order valence-electron chi connectivity index (χ2n) is 6.79. The van der Waals surface area contributed by atoms with Crippen molar-refractivity contribution >= 4 is 35.0 Å². The van der Waals surface area contributed by atoms with Crippen molar-refractivity contribution in [3.05, 3.63) is 64.9 Å². The number of hydrogen-bond donors (Lipinski definition) is 1. The van der Waals surface area contributed by atoms with E-state index in [4.69, 9.17) is 16.3 Å². The first-order chi connectivity index (χ1) is 13.9. The van der Waals surface area contributed by atoms with E-state index < -0.39 is 0 Å². The molecule has 0 unspecified atom stereocenters. The van der Waals surface area contributed by atoms with Gasteiger partial charge < -0.3 is 10.1 Å². The minimum atomic E-state index is -0.122. The highest BCUT2D eigenvalue weighted by Gasteiger charge is 2.11. The molecule has 1 amide bonds. The van der Waals surface area contributed by atoms with Gasteiger partial charge in [-0.25, -0.2) is 9.67 Å². The molecule has 0 saturated heterocycles. The lowest BCUT2D eigenvalue weighted by atomic mass is 10.0. The molecule has 1 N–H and O–H groups in total. The summed E-state index contributed by atoms with van der Waals surface area (Å²) in [5, 5.41) is 8.46. The minimum Gasteiger partial charge on any atom is -0.486 e. The maximum atomic E-state index is 12.1. The summed E-state index contributed by atoms with van der Waals surface area (Å²) >= 11 is 7.17. The molecule has 152 valence electrons. The van der Waals surface area contributed by atoms with Crippen LogP contribution < -0.4 is 10.1 Å². The zero-order valence-electron chi connectivity index (χ0n) is 16.6. The van der Waals surface area contributed by atoms with Crippen LogP contribution in [0.5, 0.6) is 5.75 Å². The molecule has 3 rings (SSSR count). The smallest absolute Gasteiger partial charge is 0.234 e. The number of ether oxygens (including phenoxy) is 1. The molecule has 0 aliphatic heterocycles. The molecule has 8 heteroatoms. The summed E-state index contributed by atoms with van der Waals surface area (Å²) in [6, 6.07) is 15.0. The first-order valence-electron chi connectivity index (χ1n) is 9.21. The molecule has 0 aliphatic carbocycles. The molecule has 2 aromatic carbocycles. The molecule has 3 aromatic rings. The number of anilines is 1. The predicted molar refractivity (Wildman–Crippen MR) is 117 cm³/mol. The summed E-state index contributed by atoms with van der Waals surface area (Å²) in [6.45, 7) is 4.58. The Morgan fingerprint density at radius 2 is 1.86 bits per heavy atom. The van der Waals surface area contributed by atoms with Crippen molar-refractivity contribution < 1.29 is 9.53 Å². The number of halogens is 1. The normalized spacial score (nSPS) is 10.9. The number of rotatable bonds is 8. The number of thioether (sulfide) groups is 1. The Balaban J connectivity index is 1.50. The fourth-order valence-electron chi connectivity index (χ4n) is 2.57. The molecule has 0 atom stereocenters. The van der Waals surface area contributed by atoms with Crippen LogP contribution in [-0.4, -0.2) is 26.4 Å². The van der Waals surface area contributed by atoms with Gasteiger partial charge in [-0.2, -0.15) is 5.10 Å². The average Bonchev–Trinajstić information content (AvgIpc) is 3.06. The Bertz CT molecular complexity index is 956. The summed E-state index contributed by atoms with van der Waals surface area (Å²) in [4.78, 5) is 16.6. The van der Waals surface area contributed by atoms with E-state index in [0.29, 0.717) is 27.6 Å². The highest BCUT2D eigenvalue weighted by Crippen LogP contribution is 2.20. The second kappa shape index (κ2) is 9.80. The van der Waals surface area contributed by atoms with Crippen molar-refractivity contribution in [2.45, 2.75) is 31.5 Å². The molecule has 29 heavy (non-hydrogen) atoms. The van der Waals surface area contributed by atoms with Gasteiger partial charge in [-0.15, -0.1) is 0 Å². The first kappa shape index (κ1) is 21.2. The third-order valence-electron chi connectivity index (χ3n) is 4.14. The minimum absolute atomic E-state index is 0.122. The number of amides is 1. The molecule has 0 fully saturated rings. The lowest BCUT2D eigenvalue weighted by molar-refractivity contribution is -0.113. The van der Waals surface area contributed by atoms with Crippen molar-refractivity contribution in [1.29, 1.82) is 0 Å². The van der Waals surface area contributed by atoms with Crippen LogP contribution in [-0.2, 0) is 18.4 Å². The van der Waals surface area contributed by atoms with Crippen molar-refractivity contribution in [3.8, 4) is 5.75 Å². The lowest BCUT2D eigenvalue weighted by Gasteiger charge is -2.07. The van der Waals surface area contributed by atoms with Crippen molar-refractivity contribution in [3.63, 3.8) is 0 Å². The van der Waals surface area contributed by atoms with Crippen LogP contribution in [0.25, 0.3) is 0 Å². The van der Waals surface area contributed by atoms with Crippen molar-refractivity contribution in [2.24, 2.45) is 7.05 Å². The lowest BCUT2D eigenvalue weighted by Crippen LogP contribution is -2.14. The predicted octanol–water partition coefficient (Wildman–Crippen LogP) is 4.90. The molecule has 0 bridgehead atoms. The number of aryl methyl sites for hydroxylation is 1. The van der Waals surface area contributed by atoms with Gasteiger partial charge in [-0.3, -0.25) is 4.79 Å². The van der Waals surface area contributed by atoms with E-state index in [1.165, 1.54) is 17.3 Å². The Morgan fingerprint density at radius 1 is 1.17 bits per heavy atom. The van der Waals surface area contributed by atoms with Gasteiger partial charge in [0.25, 0.3) is 0 Å². The van der Waals surface area contributed by atoms with E-state index in [1.807, 2.05) is 12.1 Å². The number of carbonyl (C=O) groups excluding carboxylic acids is 1. The maximum Gasteiger partial charge on any atom is 0.234 e. The van der Waals surface area contributed by atoms with Gasteiger partial charge in [-0.05, 0) is 47.9 Å². The first-order valence-corrected chi connectivity index (χ1v) is 10.6. The molecule has 0 spiro atoms. The van der Waals surface area contributed by atoms with Crippen LogP contribution in [0.3, 0.4) is 0 Å². The van der Waals surface area contributed by atoms with Crippen LogP contribution in [0, 0.1) is 0 Å². The summed E-state index contributed by atoms with van der Waals surface area (Å²) in [5.41, 5.74) is 1.97. The maximum absolute atomic E-state index is 12.1. The van der Waals surface area contributed by atoms with Gasteiger partial charge in [0.05, 0.1) is 5.75 Å². The van der Waals surface area contributed by atoms with E-state index in [-0.39, 0.29) is 18.3 Å². The number of nitrogens with zero attached hydrogens (tertiary/aromatic N) is 3. The zero-order valence-corrected chi connectivity index (χ0v) is 18.1. The van der Waals surface area contributed by atoms with Gasteiger partial charge in [0.15, 0.2) is 11.0 Å². The zero-order chi connectivity index (χ0) is 20.8. The largest absolute Gasteiger partial charge is 0.486 e. The Labute approximate surface area is 179 Å². The number of benzene rings is 2. The Kier molecular flexibility index (Phi) is 7.17. The van der Waals surface area contributed by atoms with Crippen LogP contribution in [0.2, 0.25) is 5.02 Å². The second-order valence-corrected chi connectivity index (χ2v) is 8.17. The van der Waals surface area contributed by atoms with Crippen LogP contribution in [0.1, 0.15) is 31.2 Å². The molecule has 1 heterocycles. The molecule has 0 saturated carbocycles. The number of hydrogen-bond acceptors (Lipinski definition) is 5. The Morgan fingerprint density at radius 3 is 2.52 bits per heavy atom. The quantitative estimate of drug-likeness (QED) is 0.514. The third kappa shape index (κ3) is 6.24. The van der Waals surface area contributed by atoms with Gasteiger partial charge >= 0.3 is 0 Å². The topological polar surface area (TPSA) is 69.0 Å². The van der Waals surface area contributed by atoms with E-state index in [2.05, 4.69) is 41.4 Å². The van der Waals surface area contributed by atoms with Crippen molar-refractivity contribution in [1.82, 2.24) is 14.8 Å². The highest BCUT2D eigenvalue weighted by atomic mass is 35.5. The molecular formula is C21H23ClN4O2S. The summed E-state index contributed by atoms with van der Waals surface area (Å²) in [5.74, 6) is 1.94. The van der Waals surface area contributed by atoms with Gasteiger partial charge in [-0.1, -0.05) is 49.3 Å². The number of carbonyl (C=O) groups is 1. The SMILES string of the molecule is CC(C)c1ccc(OCc2nc(SCC(=O)Nc3ccc(Cl)cc3)n(C)n2)cc1. The van der Waals surface area contributed by atoms with Crippen LogP contribution in [0.4, 0.5) is 5.69 Å². The third-order valence-corrected chi connectivity index (χ3v) is 5.41. The van der Waals surface area contributed by atoms with Crippen LogP contribution in [0.15, 0.2) is 53.7 Å². The highest BCUT2D eigenvalue weighted by molar-refractivity contribution is 7.99. The number of nitrogens with one attached hydrogen (secondary N) is 1. The van der Waals surface area contributed by atoms with Crippen LogP contribution >= 0.6 is 23.4 Å². The van der Waals surface area contributed by atoms with Gasteiger partial charge in [0.1, 0.15) is 12.4 Å².